The van der Waals surface area contributed by atoms with Gasteiger partial charge in [0, 0.05) is 49.7 Å². The molecule has 28 heavy (non-hydrogen) atoms. The third kappa shape index (κ3) is 2.88. The van der Waals surface area contributed by atoms with Gasteiger partial charge < -0.3 is 14.2 Å². The number of amides is 1. The van der Waals surface area contributed by atoms with E-state index in [1.807, 2.05) is 7.05 Å². The summed E-state index contributed by atoms with van der Waals surface area (Å²) in [6.07, 6.45) is 5.04. The first kappa shape index (κ1) is 17.1. The van der Waals surface area contributed by atoms with Crippen molar-refractivity contribution in [1.29, 1.82) is 0 Å². The van der Waals surface area contributed by atoms with Crippen LogP contribution in [0.3, 0.4) is 0 Å². The monoisotopic (exact) mass is 380 g/mol. The zero-order valence-corrected chi connectivity index (χ0v) is 15.5. The van der Waals surface area contributed by atoms with Gasteiger partial charge in [-0.3, -0.25) is 14.5 Å². The SMILES string of the molecule is Cn1nc(-c2nc(C3CCOCC3)no2)c2c1CN(C(=O)c1ccncc1)C2. The van der Waals surface area contributed by atoms with Crippen LogP contribution in [0.5, 0.6) is 0 Å². The number of aromatic nitrogens is 5. The van der Waals surface area contributed by atoms with Gasteiger partial charge in [0.1, 0.15) is 0 Å². The summed E-state index contributed by atoms with van der Waals surface area (Å²) < 4.78 is 12.7. The van der Waals surface area contributed by atoms with Crippen molar-refractivity contribution in [2.45, 2.75) is 31.8 Å². The normalized spacial score (nSPS) is 17.1. The number of carbonyl (C=O) groups is 1. The molecule has 1 fully saturated rings. The van der Waals surface area contributed by atoms with E-state index in [1.54, 1.807) is 34.1 Å². The predicted molar refractivity (Wildman–Crippen MR) is 97.1 cm³/mol. The molecule has 1 amide bonds. The molecule has 0 unspecified atom stereocenters. The first-order valence-electron chi connectivity index (χ1n) is 9.36. The number of ether oxygens (including phenoxy) is 1. The van der Waals surface area contributed by atoms with Gasteiger partial charge >= 0.3 is 0 Å². The summed E-state index contributed by atoms with van der Waals surface area (Å²) in [7, 11) is 1.87. The van der Waals surface area contributed by atoms with Crippen molar-refractivity contribution >= 4 is 5.91 Å². The fraction of sp³-hybridized carbons (Fsp3) is 0.421. The van der Waals surface area contributed by atoms with E-state index in [-0.39, 0.29) is 11.8 Å². The van der Waals surface area contributed by atoms with E-state index in [4.69, 9.17) is 9.26 Å². The molecular formula is C19H20N6O3. The van der Waals surface area contributed by atoms with Crippen LogP contribution in [0.4, 0.5) is 0 Å². The molecule has 9 nitrogen and oxygen atoms in total. The third-order valence-electron chi connectivity index (χ3n) is 5.41. The van der Waals surface area contributed by atoms with Gasteiger partial charge in [-0.1, -0.05) is 5.16 Å². The van der Waals surface area contributed by atoms with Crippen molar-refractivity contribution in [3.05, 3.63) is 47.2 Å². The summed E-state index contributed by atoms with van der Waals surface area (Å²) in [5.41, 5.74) is 3.24. The van der Waals surface area contributed by atoms with Crippen molar-refractivity contribution in [2.24, 2.45) is 7.05 Å². The molecule has 0 bridgehead atoms. The topological polar surface area (TPSA) is 99.2 Å². The van der Waals surface area contributed by atoms with Gasteiger partial charge in [-0.2, -0.15) is 10.1 Å². The molecule has 5 heterocycles. The maximum Gasteiger partial charge on any atom is 0.278 e. The first-order valence-corrected chi connectivity index (χ1v) is 9.36. The van der Waals surface area contributed by atoms with Crippen LogP contribution < -0.4 is 0 Å². The van der Waals surface area contributed by atoms with Crippen molar-refractivity contribution in [2.75, 3.05) is 13.2 Å². The van der Waals surface area contributed by atoms with E-state index in [1.165, 1.54) is 0 Å². The Morgan fingerprint density at radius 2 is 1.96 bits per heavy atom. The van der Waals surface area contributed by atoms with Gasteiger partial charge in [-0.25, -0.2) is 0 Å². The second-order valence-corrected chi connectivity index (χ2v) is 7.14. The van der Waals surface area contributed by atoms with Crippen LogP contribution >= 0.6 is 0 Å². The highest BCUT2D eigenvalue weighted by Gasteiger charge is 2.33. The number of nitrogens with zero attached hydrogens (tertiary/aromatic N) is 6. The molecule has 3 aromatic rings. The lowest BCUT2D eigenvalue weighted by atomic mass is 10.00. The zero-order chi connectivity index (χ0) is 19.1. The first-order chi connectivity index (χ1) is 13.7. The quantitative estimate of drug-likeness (QED) is 0.684. The molecule has 0 atom stereocenters. The highest BCUT2D eigenvalue weighted by Crippen LogP contribution is 2.33. The molecule has 144 valence electrons. The van der Waals surface area contributed by atoms with Crippen molar-refractivity contribution in [1.82, 2.24) is 29.8 Å². The molecule has 5 rings (SSSR count). The van der Waals surface area contributed by atoms with Crippen molar-refractivity contribution in [3.8, 4) is 11.6 Å². The van der Waals surface area contributed by atoms with Gasteiger partial charge in [-0.15, -0.1) is 0 Å². The average molecular weight is 380 g/mol. The van der Waals surface area contributed by atoms with Crippen molar-refractivity contribution < 1.29 is 14.1 Å². The zero-order valence-electron chi connectivity index (χ0n) is 15.5. The molecule has 1 saturated heterocycles. The van der Waals surface area contributed by atoms with Crippen LogP contribution in [-0.2, 0) is 24.9 Å². The lowest BCUT2D eigenvalue weighted by Crippen LogP contribution is -2.26. The van der Waals surface area contributed by atoms with E-state index in [2.05, 4.69) is 20.2 Å². The Morgan fingerprint density at radius 3 is 2.75 bits per heavy atom. The molecule has 0 aliphatic carbocycles. The second kappa shape index (κ2) is 6.83. The van der Waals surface area contributed by atoms with E-state index in [0.717, 1.165) is 37.3 Å². The Bertz CT molecular complexity index is 1010. The smallest absolute Gasteiger partial charge is 0.278 e. The summed E-state index contributed by atoms with van der Waals surface area (Å²) in [5, 5.41) is 8.75. The highest BCUT2D eigenvalue weighted by atomic mass is 16.5. The predicted octanol–water partition coefficient (Wildman–Crippen LogP) is 1.92. The highest BCUT2D eigenvalue weighted by molar-refractivity contribution is 5.94. The minimum absolute atomic E-state index is 0.0297. The van der Waals surface area contributed by atoms with E-state index < -0.39 is 0 Å². The Morgan fingerprint density at radius 1 is 1.18 bits per heavy atom. The van der Waals surface area contributed by atoms with Crippen LogP contribution in [0, 0.1) is 0 Å². The second-order valence-electron chi connectivity index (χ2n) is 7.14. The molecular weight excluding hydrogens is 360 g/mol. The summed E-state index contributed by atoms with van der Waals surface area (Å²) >= 11 is 0. The largest absolute Gasteiger partial charge is 0.381 e. The van der Waals surface area contributed by atoms with Gasteiger partial charge in [0.05, 0.1) is 18.8 Å². The molecule has 0 aromatic carbocycles. The molecule has 9 heteroatoms. The molecule has 0 radical (unpaired) electrons. The molecule has 0 N–H and O–H groups in total. The number of rotatable bonds is 3. The number of carbonyl (C=O) groups excluding carboxylic acids is 1. The number of pyridine rings is 1. The van der Waals surface area contributed by atoms with E-state index in [0.29, 0.717) is 36.1 Å². The fourth-order valence-corrected chi connectivity index (χ4v) is 3.84. The Balaban J connectivity index is 1.41. The maximum absolute atomic E-state index is 12.8. The van der Waals surface area contributed by atoms with Crippen LogP contribution in [-0.4, -0.2) is 48.9 Å². The Hall–Kier alpha value is -3.07. The van der Waals surface area contributed by atoms with Crippen LogP contribution in [0.15, 0.2) is 29.0 Å². The standard InChI is InChI=1S/C19H20N6O3/c1-24-15-11-25(19(26)13-2-6-20-7-3-13)10-14(15)16(22-24)18-21-17(23-28-18)12-4-8-27-9-5-12/h2-3,6-7,12H,4-5,8-11H2,1H3. The van der Waals surface area contributed by atoms with Gasteiger partial charge in [-0.05, 0) is 25.0 Å². The number of hydrogen-bond acceptors (Lipinski definition) is 7. The Labute approximate surface area is 161 Å². The minimum atomic E-state index is -0.0297. The van der Waals surface area contributed by atoms with Crippen LogP contribution in [0.2, 0.25) is 0 Å². The third-order valence-corrected chi connectivity index (χ3v) is 5.41. The summed E-state index contributed by atoms with van der Waals surface area (Å²) in [5.74, 6) is 1.35. The lowest BCUT2D eigenvalue weighted by molar-refractivity contribution is 0.0748. The molecule has 2 aliphatic heterocycles. The van der Waals surface area contributed by atoms with Crippen LogP contribution in [0.1, 0.15) is 46.2 Å². The lowest BCUT2D eigenvalue weighted by Gasteiger charge is -2.18. The molecule has 2 aliphatic rings. The molecule has 0 spiro atoms. The van der Waals surface area contributed by atoms with Crippen LogP contribution in [0.25, 0.3) is 11.6 Å². The fourth-order valence-electron chi connectivity index (χ4n) is 3.84. The van der Waals surface area contributed by atoms with Gasteiger partial charge in [0.15, 0.2) is 11.5 Å². The van der Waals surface area contributed by atoms with E-state index in [9.17, 15) is 4.79 Å². The summed E-state index contributed by atoms with van der Waals surface area (Å²) in [6, 6.07) is 3.45. The number of aryl methyl sites for hydroxylation is 1. The maximum atomic E-state index is 12.8. The average Bonchev–Trinajstić information content (AvgIpc) is 3.46. The number of fused-ring (bicyclic) bond motifs is 1. The molecule has 0 saturated carbocycles. The van der Waals surface area contributed by atoms with Crippen molar-refractivity contribution in [3.63, 3.8) is 0 Å². The summed E-state index contributed by atoms with van der Waals surface area (Å²) in [4.78, 5) is 23.2. The molecule has 3 aromatic heterocycles. The van der Waals surface area contributed by atoms with E-state index >= 15 is 0 Å². The number of hydrogen-bond donors (Lipinski definition) is 0. The van der Waals surface area contributed by atoms with Gasteiger partial charge in [0.2, 0.25) is 0 Å². The van der Waals surface area contributed by atoms with Gasteiger partial charge in [0.25, 0.3) is 11.8 Å². The summed E-state index contributed by atoms with van der Waals surface area (Å²) in [6.45, 7) is 2.41. The Kier molecular flexibility index (Phi) is 4.16. The minimum Gasteiger partial charge on any atom is -0.381 e.